The van der Waals surface area contributed by atoms with Crippen LogP contribution in [0.5, 0.6) is 0 Å². The van der Waals surface area contributed by atoms with Crippen LogP contribution in [0.1, 0.15) is 12.0 Å². The normalized spacial score (nSPS) is 9.31. The molecular formula is C10H11BrN2. The highest BCUT2D eigenvalue weighted by molar-refractivity contribution is 9.10. The van der Waals surface area contributed by atoms with Crippen molar-refractivity contribution in [1.82, 2.24) is 4.98 Å². The van der Waals surface area contributed by atoms with Gasteiger partial charge < -0.3 is 5.32 Å². The average Bonchev–Trinajstić information content (AvgIpc) is 2.09. The minimum Gasteiger partial charge on any atom is -0.368 e. The summed E-state index contributed by atoms with van der Waals surface area (Å²) in [5.74, 6) is 3.41. The lowest BCUT2D eigenvalue weighted by Gasteiger charge is -2.05. The fourth-order valence-electron chi connectivity index (χ4n) is 0.917. The number of terminal acetylenes is 1. The molecule has 0 unspecified atom stereocenters. The van der Waals surface area contributed by atoms with E-state index in [1.807, 2.05) is 19.2 Å². The highest BCUT2D eigenvalue weighted by Crippen LogP contribution is 2.19. The van der Waals surface area contributed by atoms with Crippen LogP contribution in [0, 0.1) is 19.3 Å². The Morgan fingerprint density at radius 3 is 3.08 bits per heavy atom. The monoisotopic (exact) mass is 238 g/mol. The van der Waals surface area contributed by atoms with Crippen molar-refractivity contribution < 1.29 is 0 Å². The topological polar surface area (TPSA) is 24.9 Å². The van der Waals surface area contributed by atoms with E-state index >= 15 is 0 Å². The third-order valence-corrected chi connectivity index (χ3v) is 2.14. The number of nitrogens with zero attached hydrogens (tertiary/aromatic N) is 1. The number of aromatic nitrogens is 1. The van der Waals surface area contributed by atoms with Crippen molar-refractivity contribution in [2.75, 3.05) is 11.9 Å². The Morgan fingerprint density at radius 2 is 2.46 bits per heavy atom. The molecule has 1 rings (SSSR count). The summed E-state index contributed by atoms with van der Waals surface area (Å²) in [6.45, 7) is 2.76. The molecule has 13 heavy (non-hydrogen) atoms. The van der Waals surface area contributed by atoms with Gasteiger partial charge in [-0.05, 0) is 34.5 Å². The largest absolute Gasteiger partial charge is 0.368 e. The second-order valence-corrected chi connectivity index (χ2v) is 3.58. The van der Waals surface area contributed by atoms with Crippen molar-refractivity contribution in [3.05, 3.63) is 22.3 Å². The molecule has 1 aromatic rings. The molecule has 0 bridgehead atoms. The summed E-state index contributed by atoms with van der Waals surface area (Å²) in [7, 11) is 0. The second-order valence-electron chi connectivity index (χ2n) is 2.72. The van der Waals surface area contributed by atoms with Gasteiger partial charge in [0, 0.05) is 19.2 Å². The van der Waals surface area contributed by atoms with E-state index < -0.39 is 0 Å². The minimum absolute atomic E-state index is 0.710. The second kappa shape index (κ2) is 4.88. The summed E-state index contributed by atoms with van der Waals surface area (Å²) < 4.78 is 0.976. The lowest BCUT2D eigenvalue weighted by molar-refractivity contribution is 1.07. The van der Waals surface area contributed by atoms with Crippen LogP contribution in [0.2, 0.25) is 0 Å². The summed E-state index contributed by atoms with van der Waals surface area (Å²) in [5, 5.41) is 3.14. The molecule has 0 saturated heterocycles. The molecule has 1 aromatic heterocycles. The van der Waals surface area contributed by atoms with Crippen molar-refractivity contribution in [3.8, 4) is 12.3 Å². The maximum absolute atomic E-state index is 5.13. The molecular weight excluding hydrogens is 228 g/mol. The van der Waals surface area contributed by atoms with Crippen molar-refractivity contribution in [1.29, 1.82) is 0 Å². The third-order valence-electron chi connectivity index (χ3n) is 1.54. The summed E-state index contributed by atoms with van der Waals surface area (Å²) >= 11 is 3.42. The maximum Gasteiger partial charge on any atom is 0.140 e. The fourth-order valence-corrected chi connectivity index (χ4v) is 1.52. The summed E-state index contributed by atoms with van der Waals surface area (Å²) in [6.07, 6.45) is 7.67. The van der Waals surface area contributed by atoms with E-state index in [2.05, 4.69) is 32.2 Å². The van der Waals surface area contributed by atoms with Gasteiger partial charge in [0.25, 0.3) is 0 Å². The Labute approximate surface area is 86.9 Å². The van der Waals surface area contributed by atoms with Gasteiger partial charge in [0.15, 0.2) is 0 Å². The van der Waals surface area contributed by atoms with Gasteiger partial charge >= 0.3 is 0 Å². The maximum atomic E-state index is 5.13. The van der Waals surface area contributed by atoms with Crippen LogP contribution in [0.15, 0.2) is 16.7 Å². The zero-order valence-corrected chi connectivity index (χ0v) is 9.06. The Bertz CT molecular complexity index is 328. The van der Waals surface area contributed by atoms with E-state index in [9.17, 15) is 0 Å². The van der Waals surface area contributed by atoms with Crippen LogP contribution in [0.3, 0.4) is 0 Å². The van der Waals surface area contributed by atoms with Gasteiger partial charge in [-0.2, -0.15) is 0 Å². The molecule has 0 atom stereocenters. The van der Waals surface area contributed by atoms with E-state index in [4.69, 9.17) is 6.42 Å². The summed E-state index contributed by atoms with van der Waals surface area (Å²) in [6, 6.07) is 2.02. The lowest BCUT2D eigenvalue weighted by Crippen LogP contribution is -2.03. The molecule has 0 aliphatic carbocycles. The van der Waals surface area contributed by atoms with Crippen LogP contribution in [0.25, 0.3) is 0 Å². The lowest BCUT2D eigenvalue weighted by atomic mass is 10.3. The highest BCUT2D eigenvalue weighted by atomic mass is 79.9. The molecule has 0 spiro atoms. The average molecular weight is 239 g/mol. The minimum atomic E-state index is 0.710. The first-order chi connectivity index (χ1) is 6.24. The predicted molar refractivity (Wildman–Crippen MR) is 58.6 cm³/mol. The molecule has 1 N–H and O–H groups in total. The van der Waals surface area contributed by atoms with Gasteiger partial charge in [-0.25, -0.2) is 4.98 Å². The smallest absolute Gasteiger partial charge is 0.140 e. The quantitative estimate of drug-likeness (QED) is 0.647. The SMILES string of the molecule is C#CCCNc1ncc(C)cc1Br. The Morgan fingerprint density at radius 1 is 1.69 bits per heavy atom. The van der Waals surface area contributed by atoms with E-state index in [0.29, 0.717) is 6.42 Å². The molecule has 0 aliphatic rings. The molecule has 0 aromatic carbocycles. The van der Waals surface area contributed by atoms with Gasteiger partial charge in [0.05, 0.1) is 4.47 Å². The van der Waals surface area contributed by atoms with Gasteiger partial charge in [-0.1, -0.05) is 0 Å². The molecule has 2 nitrogen and oxygen atoms in total. The Hall–Kier alpha value is -1.01. The van der Waals surface area contributed by atoms with Crippen LogP contribution in [-0.4, -0.2) is 11.5 Å². The van der Waals surface area contributed by atoms with Gasteiger partial charge in [0.1, 0.15) is 5.82 Å². The molecule has 68 valence electrons. The van der Waals surface area contributed by atoms with Crippen LogP contribution >= 0.6 is 15.9 Å². The number of halogens is 1. The molecule has 0 aliphatic heterocycles. The zero-order chi connectivity index (χ0) is 9.68. The van der Waals surface area contributed by atoms with Crippen molar-refractivity contribution in [2.45, 2.75) is 13.3 Å². The molecule has 0 radical (unpaired) electrons. The fraction of sp³-hybridized carbons (Fsp3) is 0.300. The van der Waals surface area contributed by atoms with E-state index in [0.717, 1.165) is 22.4 Å². The third kappa shape index (κ3) is 3.08. The van der Waals surface area contributed by atoms with Crippen LogP contribution in [-0.2, 0) is 0 Å². The van der Waals surface area contributed by atoms with Gasteiger partial charge in [0.2, 0.25) is 0 Å². The van der Waals surface area contributed by atoms with Crippen molar-refractivity contribution in [2.24, 2.45) is 0 Å². The van der Waals surface area contributed by atoms with E-state index in [-0.39, 0.29) is 0 Å². The van der Waals surface area contributed by atoms with E-state index in [1.54, 1.807) is 0 Å². The molecule has 0 fully saturated rings. The first-order valence-corrected chi connectivity index (χ1v) is 4.83. The number of rotatable bonds is 3. The van der Waals surface area contributed by atoms with Crippen LogP contribution in [0.4, 0.5) is 5.82 Å². The molecule has 0 saturated carbocycles. The van der Waals surface area contributed by atoms with Crippen LogP contribution < -0.4 is 5.32 Å². The van der Waals surface area contributed by atoms with Gasteiger partial charge in [-0.15, -0.1) is 12.3 Å². The van der Waals surface area contributed by atoms with Crippen molar-refractivity contribution >= 4 is 21.7 Å². The first kappa shape index (κ1) is 10.1. The number of hydrogen-bond donors (Lipinski definition) is 1. The Balaban J connectivity index is 2.62. The molecule has 1 heterocycles. The van der Waals surface area contributed by atoms with Crippen molar-refractivity contribution in [3.63, 3.8) is 0 Å². The first-order valence-electron chi connectivity index (χ1n) is 4.03. The zero-order valence-electron chi connectivity index (χ0n) is 7.47. The predicted octanol–water partition coefficient (Wildman–Crippen LogP) is 2.59. The van der Waals surface area contributed by atoms with E-state index in [1.165, 1.54) is 0 Å². The number of pyridine rings is 1. The Kier molecular flexibility index (Phi) is 3.78. The molecule has 0 amide bonds. The summed E-state index contributed by atoms with van der Waals surface area (Å²) in [4.78, 5) is 4.22. The molecule has 3 heteroatoms. The number of aryl methyl sites for hydroxylation is 1. The van der Waals surface area contributed by atoms with Gasteiger partial charge in [-0.3, -0.25) is 0 Å². The number of nitrogens with one attached hydrogen (secondary N) is 1. The number of anilines is 1. The summed E-state index contributed by atoms with van der Waals surface area (Å²) in [5.41, 5.74) is 1.13. The standard InChI is InChI=1S/C10H11BrN2/c1-3-4-5-12-10-9(11)6-8(2)7-13-10/h1,6-7H,4-5H2,2H3,(H,12,13). The highest BCUT2D eigenvalue weighted by Gasteiger charge is 1.99. The number of hydrogen-bond acceptors (Lipinski definition) is 2.